The number of amides is 1. The summed E-state index contributed by atoms with van der Waals surface area (Å²) in [6.45, 7) is 0.397. The zero-order valence-corrected chi connectivity index (χ0v) is 20.4. The highest BCUT2D eigenvalue weighted by Crippen LogP contribution is 2.32. The van der Waals surface area contributed by atoms with Gasteiger partial charge in [-0.3, -0.25) is 4.79 Å². The molecule has 7 heteroatoms. The Labute approximate surface area is 205 Å². The number of nitrogens with zero attached hydrogens (tertiary/aromatic N) is 3. The van der Waals surface area contributed by atoms with Gasteiger partial charge in [-0.25, -0.2) is 4.68 Å². The van der Waals surface area contributed by atoms with Gasteiger partial charge in [-0.15, -0.1) is 0 Å². The second-order valence-corrected chi connectivity index (χ2v) is 8.30. The molecule has 1 atom stereocenters. The fraction of sp³-hybridized carbons (Fsp3) is 0.214. The fourth-order valence-corrected chi connectivity index (χ4v) is 4.09. The summed E-state index contributed by atoms with van der Waals surface area (Å²) in [5, 5.41) is 7.89. The van der Waals surface area contributed by atoms with Crippen LogP contribution < -0.4 is 14.8 Å². The summed E-state index contributed by atoms with van der Waals surface area (Å²) in [5.74, 6) is 1.22. The summed E-state index contributed by atoms with van der Waals surface area (Å²) in [7, 11) is 7.23. The van der Waals surface area contributed by atoms with Crippen molar-refractivity contribution in [1.29, 1.82) is 0 Å². The van der Waals surface area contributed by atoms with Crippen LogP contribution in [0.1, 0.15) is 22.0 Å². The molecule has 0 aliphatic rings. The van der Waals surface area contributed by atoms with E-state index >= 15 is 0 Å². The lowest BCUT2D eigenvalue weighted by Gasteiger charge is -2.26. The number of ether oxygens (including phenoxy) is 2. The molecule has 0 saturated heterocycles. The van der Waals surface area contributed by atoms with E-state index < -0.39 is 0 Å². The van der Waals surface area contributed by atoms with Gasteiger partial charge in [0.15, 0.2) is 0 Å². The van der Waals surface area contributed by atoms with Crippen LogP contribution in [0.4, 0.5) is 0 Å². The molecular formula is C28H30N4O3. The molecule has 0 radical (unpaired) electrons. The summed E-state index contributed by atoms with van der Waals surface area (Å²) in [5.41, 5.74) is 3.65. The number of aromatic nitrogens is 2. The molecule has 1 amide bonds. The second kappa shape index (κ2) is 10.9. The largest absolute Gasteiger partial charge is 0.496 e. The van der Waals surface area contributed by atoms with E-state index in [4.69, 9.17) is 14.6 Å². The normalized spacial score (nSPS) is 11.8. The maximum absolute atomic E-state index is 13.5. The third-order valence-electron chi connectivity index (χ3n) is 5.92. The van der Waals surface area contributed by atoms with Gasteiger partial charge in [0.05, 0.1) is 31.5 Å². The molecule has 4 aromatic rings. The molecule has 1 unspecified atom stereocenters. The highest BCUT2D eigenvalue weighted by molar-refractivity contribution is 6.00. The quantitative estimate of drug-likeness (QED) is 0.388. The lowest BCUT2D eigenvalue weighted by molar-refractivity contribution is 0.0942. The Kier molecular flexibility index (Phi) is 7.48. The van der Waals surface area contributed by atoms with Crippen molar-refractivity contribution in [3.63, 3.8) is 0 Å². The maximum atomic E-state index is 13.5. The minimum absolute atomic E-state index is 0.0750. The zero-order chi connectivity index (χ0) is 24.8. The fourth-order valence-electron chi connectivity index (χ4n) is 4.09. The molecule has 1 heterocycles. The van der Waals surface area contributed by atoms with Gasteiger partial charge >= 0.3 is 0 Å². The van der Waals surface area contributed by atoms with Crippen LogP contribution in [-0.2, 0) is 0 Å². The molecule has 0 fully saturated rings. The number of benzene rings is 3. The van der Waals surface area contributed by atoms with E-state index in [1.807, 2.05) is 93.0 Å². The topological polar surface area (TPSA) is 68.6 Å². The number of nitrogens with one attached hydrogen (secondary N) is 1. The molecule has 1 N–H and O–H groups in total. The Hall–Kier alpha value is -4.10. The second-order valence-electron chi connectivity index (χ2n) is 8.30. The summed E-state index contributed by atoms with van der Waals surface area (Å²) < 4.78 is 12.8. The average Bonchev–Trinajstić information content (AvgIpc) is 3.35. The predicted molar refractivity (Wildman–Crippen MR) is 137 cm³/mol. The zero-order valence-electron chi connectivity index (χ0n) is 20.4. The van der Waals surface area contributed by atoms with E-state index in [0.717, 1.165) is 22.6 Å². The van der Waals surface area contributed by atoms with Crippen molar-refractivity contribution in [1.82, 2.24) is 20.0 Å². The van der Waals surface area contributed by atoms with Crippen molar-refractivity contribution in [2.75, 3.05) is 34.9 Å². The van der Waals surface area contributed by atoms with E-state index in [9.17, 15) is 4.79 Å². The number of hydrogen-bond acceptors (Lipinski definition) is 5. The highest BCUT2D eigenvalue weighted by Gasteiger charge is 2.24. The number of carbonyl (C=O) groups excluding carboxylic acids is 1. The highest BCUT2D eigenvalue weighted by atomic mass is 16.5. The molecule has 7 nitrogen and oxygen atoms in total. The van der Waals surface area contributed by atoms with Gasteiger partial charge < -0.3 is 19.7 Å². The lowest BCUT2D eigenvalue weighted by Crippen LogP contribution is -2.34. The third kappa shape index (κ3) is 5.20. The minimum atomic E-state index is -0.213. The standard InChI is InChI=1S/C28H30N4O3/c1-31(2)24(21-14-8-10-16-25(21)34-3)18-29-28(33)23-19-32(20-12-6-5-7-13-20)30-27(23)22-15-9-11-17-26(22)35-4/h5-17,19,24H,18H2,1-4H3,(H,29,33). The first-order valence-electron chi connectivity index (χ1n) is 11.4. The van der Waals surface area contributed by atoms with Crippen molar-refractivity contribution in [3.05, 3.63) is 96.2 Å². The van der Waals surface area contributed by atoms with Crippen LogP contribution in [0, 0.1) is 0 Å². The van der Waals surface area contributed by atoms with Gasteiger partial charge in [-0.2, -0.15) is 5.10 Å². The Morgan fingerprint density at radius 3 is 2.23 bits per heavy atom. The van der Waals surface area contributed by atoms with Gasteiger partial charge in [0.1, 0.15) is 17.2 Å². The van der Waals surface area contributed by atoms with Gasteiger partial charge in [-0.1, -0.05) is 48.5 Å². The maximum Gasteiger partial charge on any atom is 0.255 e. The first kappa shape index (κ1) is 24.0. The molecule has 3 aromatic carbocycles. The monoisotopic (exact) mass is 470 g/mol. The number of rotatable bonds is 9. The van der Waals surface area contributed by atoms with Crippen molar-refractivity contribution in [3.8, 4) is 28.4 Å². The van der Waals surface area contributed by atoms with Crippen molar-refractivity contribution < 1.29 is 14.3 Å². The van der Waals surface area contributed by atoms with Gasteiger partial charge in [-0.05, 0) is 44.4 Å². The summed E-state index contributed by atoms with van der Waals surface area (Å²) in [6, 6.07) is 25.1. The van der Waals surface area contributed by atoms with Crippen LogP contribution in [-0.4, -0.2) is 55.4 Å². The Bertz CT molecular complexity index is 1280. The SMILES string of the molecule is COc1ccccc1-c1nn(-c2ccccc2)cc1C(=O)NCC(c1ccccc1OC)N(C)C. The molecule has 0 bridgehead atoms. The van der Waals surface area contributed by atoms with Gasteiger partial charge in [0.2, 0.25) is 0 Å². The Morgan fingerprint density at radius 1 is 0.914 bits per heavy atom. The van der Waals surface area contributed by atoms with E-state index in [2.05, 4.69) is 10.2 Å². The van der Waals surface area contributed by atoms with E-state index in [-0.39, 0.29) is 11.9 Å². The number of para-hydroxylation sites is 3. The first-order valence-corrected chi connectivity index (χ1v) is 11.4. The lowest BCUT2D eigenvalue weighted by atomic mass is 10.0. The van der Waals surface area contributed by atoms with Crippen molar-refractivity contribution >= 4 is 5.91 Å². The molecule has 180 valence electrons. The van der Waals surface area contributed by atoms with Crippen LogP contribution >= 0.6 is 0 Å². The Balaban J connectivity index is 1.68. The van der Waals surface area contributed by atoms with Crippen molar-refractivity contribution in [2.45, 2.75) is 6.04 Å². The third-order valence-corrected chi connectivity index (χ3v) is 5.92. The molecule has 1 aromatic heterocycles. The molecule has 35 heavy (non-hydrogen) atoms. The van der Waals surface area contributed by atoms with Crippen LogP contribution in [0.3, 0.4) is 0 Å². The molecular weight excluding hydrogens is 440 g/mol. The van der Waals surface area contributed by atoms with Crippen molar-refractivity contribution in [2.24, 2.45) is 0 Å². The first-order chi connectivity index (χ1) is 17.0. The molecule has 4 rings (SSSR count). The van der Waals surface area contributed by atoms with E-state index in [1.165, 1.54) is 0 Å². The molecule has 0 spiro atoms. The van der Waals surface area contributed by atoms with E-state index in [1.54, 1.807) is 25.1 Å². The smallest absolute Gasteiger partial charge is 0.255 e. The molecule has 0 saturated carbocycles. The average molecular weight is 471 g/mol. The molecule has 0 aliphatic heterocycles. The number of likely N-dealkylation sites (N-methyl/N-ethyl adjacent to an activating group) is 1. The van der Waals surface area contributed by atoms with Gasteiger partial charge in [0, 0.05) is 23.9 Å². The summed E-state index contributed by atoms with van der Waals surface area (Å²) >= 11 is 0. The van der Waals surface area contributed by atoms with Gasteiger partial charge in [0.25, 0.3) is 5.91 Å². The molecule has 0 aliphatic carbocycles. The summed E-state index contributed by atoms with van der Waals surface area (Å²) in [6.07, 6.45) is 1.76. The summed E-state index contributed by atoms with van der Waals surface area (Å²) in [4.78, 5) is 15.6. The number of methoxy groups -OCH3 is 2. The minimum Gasteiger partial charge on any atom is -0.496 e. The van der Waals surface area contributed by atoms with E-state index in [0.29, 0.717) is 23.6 Å². The predicted octanol–water partition coefficient (Wildman–Crippen LogP) is 4.59. The Morgan fingerprint density at radius 2 is 1.54 bits per heavy atom. The number of carbonyl (C=O) groups is 1. The van der Waals surface area contributed by atoms with Crippen LogP contribution in [0.25, 0.3) is 16.9 Å². The van der Waals surface area contributed by atoms with Crippen LogP contribution in [0.5, 0.6) is 11.5 Å². The number of hydrogen-bond donors (Lipinski definition) is 1. The van der Waals surface area contributed by atoms with Crippen LogP contribution in [0.15, 0.2) is 85.1 Å². The van der Waals surface area contributed by atoms with Crippen LogP contribution in [0.2, 0.25) is 0 Å².